The van der Waals surface area contributed by atoms with E-state index in [1.54, 1.807) is 0 Å². The molecule has 2 aromatic rings. The summed E-state index contributed by atoms with van der Waals surface area (Å²) >= 11 is 5.73. The Morgan fingerprint density at radius 1 is 1.39 bits per heavy atom. The van der Waals surface area contributed by atoms with Crippen LogP contribution in [-0.2, 0) is 0 Å². The molecule has 0 spiro atoms. The zero-order chi connectivity index (χ0) is 13.0. The van der Waals surface area contributed by atoms with Gasteiger partial charge < -0.3 is 15.8 Å². The van der Waals surface area contributed by atoms with Crippen molar-refractivity contribution >= 4 is 28.8 Å². The molecule has 0 aliphatic carbocycles. The van der Waals surface area contributed by atoms with Gasteiger partial charge in [0.05, 0.1) is 24.2 Å². The van der Waals surface area contributed by atoms with Gasteiger partial charge in [-0.3, -0.25) is 0 Å². The number of hydrogen-bond acceptors (Lipinski definition) is 5. The maximum Gasteiger partial charge on any atom is 0.224 e. The Kier molecular flexibility index (Phi) is 3.84. The van der Waals surface area contributed by atoms with Gasteiger partial charge in [0.2, 0.25) is 5.28 Å². The fourth-order valence-corrected chi connectivity index (χ4v) is 1.58. The summed E-state index contributed by atoms with van der Waals surface area (Å²) < 4.78 is 5.50. The average Bonchev–Trinajstić information content (AvgIpc) is 2.36. The number of rotatable bonds is 4. The molecule has 0 amide bonds. The highest BCUT2D eigenvalue weighted by atomic mass is 35.5. The minimum absolute atomic E-state index is 0.139. The summed E-state index contributed by atoms with van der Waals surface area (Å²) in [7, 11) is 0. The van der Waals surface area contributed by atoms with E-state index < -0.39 is 0 Å². The minimum atomic E-state index is 0.139. The van der Waals surface area contributed by atoms with Gasteiger partial charge in [0.25, 0.3) is 0 Å². The molecule has 2 rings (SSSR count). The zero-order valence-electron chi connectivity index (χ0n) is 9.85. The molecule has 94 valence electrons. The van der Waals surface area contributed by atoms with Gasteiger partial charge in [-0.25, -0.2) is 4.98 Å². The molecule has 5 nitrogen and oxygen atoms in total. The van der Waals surface area contributed by atoms with Crippen molar-refractivity contribution in [2.24, 2.45) is 0 Å². The monoisotopic (exact) mass is 264 g/mol. The summed E-state index contributed by atoms with van der Waals surface area (Å²) in [6.45, 7) is 2.51. The van der Waals surface area contributed by atoms with Crippen molar-refractivity contribution in [2.45, 2.75) is 6.92 Å². The van der Waals surface area contributed by atoms with E-state index in [-0.39, 0.29) is 5.28 Å². The van der Waals surface area contributed by atoms with Gasteiger partial charge in [0, 0.05) is 0 Å². The summed E-state index contributed by atoms with van der Waals surface area (Å²) in [6, 6.07) is 7.53. The molecule has 18 heavy (non-hydrogen) atoms. The van der Waals surface area contributed by atoms with Crippen LogP contribution in [0.3, 0.4) is 0 Å². The number of para-hydroxylation sites is 2. The molecule has 6 heteroatoms. The predicted molar refractivity (Wildman–Crippen MR) is 72.3 cm³/mol. The van der Waals surface area contributed by atoms with Crippen LogP contribution in [-0.4, -0.2) is 16.6 Å². The van der Waals surface area contributed by atoms with Gasteiger partial charge in [0.1, 0.15) is 5.75 Å². The van der Waals surface area contributed by atoms with Crippen LogP contribution in [0.4, 0.5) is 17.2 Å². The second-order valence-corrected chi connectivity index (χ2v) is 3.84. The average molecular weight is 265 g/mol. The van der Waals surface area contributed by atoms with Crippen LogP contribution in [0.15, 0.2) is 30.5 Å². The fraction of sp³-hybridized carbons (Fsp3) is 0.167. The molecule has 0 fully saturated rings. The highest BCUT2D eigenvalue weighted by Crippen LogP contribution is 2.28. The Bertz CT molecular complexity index is 547. The summed E-state index contributed by atoms with van der Waals surface area (Å²) in [6.07, 6.45) is 1.46. The standard InChI is InChI=1S/C12H13ClN4O/c1-2-18-10-6-4-3-5-9(10)16-11-8(14)7-15-12(13)17-11/h3-7H,2,14H2,1H3,(H,15,16,17). The third-order valence-electron chi connectivity index (χ3n) is 2.23. The van der Waals surface area contributed by atoms with Crippen LogP contribution in [0.1, 0.15) is 6.92 Å². The van der Waals surface area contributed by atoms with E-state index in [4.69, 9.17) is 22.1 Å². The number of aromatic nitrogens is 2. The van der Waals surface area contributed by atoms with Gasteiger partial charge in [-0.15, -0.1) is 0 Å². The number of ether oxygens (including phenoxy) is 1. The van der Waals surface area contributed by atoms with Crippen molar-refractivity contribution in [3.8, 4) is 5.75 Å². The van der Waals surface area contributed by atoms with Crippen molar-refractivity contribution in [3.63, 3.8) is 0 Å². The molecule has 3 N–H and O–H groups in total. The molecule has 0 saturated heterocycles. The second-order valence-electron chi connectivity index (χ2n) is 3.50. The van der Waals surface area contributed by atoms with E-state index in [1.165, 1.54) is 6.20 Å². The van der Waals surface area contributed by atoms with E-state index in [9.17, 15) is 0 Å². The molecule has 0 aliphatic heterocycles. The number of anilines is 3. The third kappa shape index (κ3) is 2.81. The molecule has 0 bridgehead atoms. The smallest absolute Gasteiger partial charge is 0.224 e. The Labute approximate surface area is 110 Å². The topological polar surface area (TPSA) is 73.1 Å². The molecule has 0 unspecified atom stereocenters. The van der Waals surface area contributed by atoms with E-state index in [1.807, 2.05) is 31.2 Å². The number of nitrogens with zero attached hydrogens (tertiary/aromatic N) is 2. The number of nitrogens with two attached hydrogens (primary N) is 1. The first kappa shape index (κ1) is 12.4. The number of hydrogen-bond donors (Lipinski definition) is 2. The SMILES string of the molecule is CCOc1ccccc1Nc1nc(Cl)ncc1N. The fourth-order valence-electron chi connectivity index (χ4n) is 1.45. The normalized spacial score (nSPS) is 10.1. The summed E-state index contributed by atoms with van der Waals surface area (Å²) in [4.78, 5) is 7.83. The summed E-state index contributed by atoms with van der Waals surface area (Å²) in [5.41, 5.74) is 6.97. The number of nitrogen functional groups attached to an aromatic ring is 1. The van der Waals surface area contributed by atoms with Crippen molar-refractivity contribution in [3.05, 3.63) is 35.7 Å². The summed E-state index contributed by atoms with van der Waals surface area (Å²) in [5.74, 6) is 1.19. The van der Waals surface area contributed by atoms with Crippen LogP contribution in [0.5, 0.6) is 5.75 Å². The highest BCUT2D eigenvalue weighted by molar-refractivity contribution is 6.28. The minimum Gasteiger partial charge on any atom is -0.492 e. The molecular formula is C12H13ClN4O. The van der Waals surface area contributed by atoms with E-state index in [2.05, 4.69) is 15.3 Å². The van der Waals surface area contributed by atoms with Gasteiger partial charge in [-0.05, 0) is 30.7 Å². The maximum absolute atomic E-state index is 5.77. The van der Waals surface area contributed by atoms with Crippen molar-refractivity contribution in [2.75, 3.05) is 17.7 Å². The first-order chi connectivity index (χ1) is 8.70. The predicted octanol–water partition coefficient (Wildman–Crippen LogP) is 2.85. The third-order valence-corrected chi connectivity index (χ3v) is 2.41. The second kappa shape index (κ2) is 5.55. The molecule has 0 atom stereocenters. The molecule has 1 aromatic carbocycles. The molecule has 1 aromatic heterocycles. The van der Waals surface area contributed by atoms with Crippen LogP contribution in [0, 0.1) is 0 Å². The van der Waals surface area contributed by atoms with Gasteiger partial charge >= 0.3 is 0 Å². The van der Waals surface area contributed by atoms with Gasteiger partial charge in [-0.2, -0.15) is 4.98 Å². The lowest BCUT2D eigenvalue weighted by Crippen LogP contribution is -2.02. The van der Waals surface area contributed by atoms with E-state index in [0.717, 1.165) is 11.4 Å². The largest absolute Gasteiger partial charge is 0.492 e. The number of benzene rings is 1. The number of halogens is 1. The van der Waals surface area contributed by atoms with E-state index in [0.29, 0.717) is 18.1 Å². The number of nitrogens with one attached hydrogen (secondary N) is 1. The maximum atomic E-state index is 5.77. The molecule has 0 saturated carbocycles. The van der Waals surface area contributed by atoms with Crippen LogP contribution >= 0.6 is 11.6 Å². The summed E-state index contributed by atoms with van der Waals surface area (Å²) in [5, 5.41) is 3.22. The van der Waals surface area contributed by atoms with E-state index >= 15 is 0 Å². The Hall–Kier alpha value is -2.01. The molecule has 0 radical (unpaired) electrons. The van der Waals surface area contributed by atoms with Crippen molar-refractivity contribution in [1.29, 1.82) is 0 Å². The molecule has 1 heterocycles. The zero-order valence-corrected chi connectivity index (χ0v) is 10.6. The van der Waals surface area contributed by atoms with Gasteiger partial charge in [-0.1, -0.05) is 12.1 Å². The Morgan fingerprint density at radius 2 is 2.17 bits per heavy atom. The molecular weight excluding hydrogens is 252 g/mol. The molecule has 0 aliphatic rings. The lowest BCUT2D eigenvalue weighted by Gasteiger charge is -2.12. The Balaban J connectivity index is 2.30. The van der Waals surface area contributed by atoms with Gasteiger partial charge in [0.15, 0.2) is 5.82 Å². The lowest BCUT2D eigenvalue weighted by atomic mass is 10.3. The van der Waals surface area contributed by atoms with Crippen LogP contribution < -0.4 is 15.8 Å². The van der Waals surface area contributed by atoms with Crippen molar-refractivity contribution < 1.29 is 4.74 Å². The quantitative estimate of drug-likeness (QED) is 0.831. The van der Waals surface area contributed by atoms with Crippen LogP contribution in [0.25, 0.3) is 0 Å². The van der Waals surface area contributed by atoms with Crippen LogP contribution in [0.2, 0.25) is 5.28 Å². The first-order valence-corrected chi connectivity index (χ1v) is 5.85. The first-order valence-electron chi connectivity index (χ1n) is 5.47. The Morgan fingerprint density at radius 3 is 2.94 bits per heavy atom. The lowest BCUT2D eigenvalue weighted by molar-refractivity contribution is 0.342. The van der Waals surface area contributed by atoms with Crippen molar-refractivity contribution in [1.82, 2.24) is 9.97 Å². The highest BCUT2D eigenvalue weighted by Gasteiger charge is 2.07.